The first-order chi connectivity index (χ1) is 7.21. The smallest absolute Gasteiger partial charge is 0.0522 e. The molecule has 0 aromatic rings. The van der Waals surface area contributed by atoms with Crippen LogP contribution >= 0.6 is 0 Å². The van der Waals surface area contributed by atoms with Crippen LogP contribution in [-0.4, -0.2) is 13.2 Å². The number of hydrogen-bond acceptors (Lipinski definition) is 1. The van der Waals surface area contributed by atoms with Gasteiger partial charge in [0.2, 0.25) is 0 Å². The summed E-state index contributed by atoms with van der Waals surface area (Å²) >= 11 is 0. The van der Waals surface area contributed by atoms with Crippen molar-refractivity contribution in [1.82, 2.24) is 0 Å². The van der Waals surface area contributed by atoms with Gasteiger partial charge in [-0.2, -0.15) is 0 Å². The van der Waals surface area contributed by atoms with E-state index in [0.29, 0.717) is 0 Å². The Morgan fingerprint density at radius 2 is 0.765 bits per heavy atom. The molecule has 0 heterocycles. The first-order valence-corrected chi connectivity index (χ1v) is 6.78. The first kappa shape index (κ1) is 17.0. The molecule has 0 aromatic heterocycles. The largest absolute Gasteiger partial charge is 0.380 e. The molecule has 0 amide bonds. The minimum atomic E-state index is 0.209. The van der Waals surface area contributed by atoms with Crippen LogP contribution in [0.5, 0.6) is 0 Å². The molecule has 0 fully saturated rings. The van der Waals surface area contributed by atoms with Crippen LogP contribution in [0.2, 0.25) is 0 Å². The van der Waals surface area contributed by atoms with Crippen LogP contribution in [0.15, 0.2) is 0 Å². The van der Waals surface area contributed by atoms with Crippen molar-refractivity contribution < 1.29 is 4.74 Å². The zero-order valence-corrected chi connectivity index (χ0v) is 13.8. The van der Waals surface area contributed by atoms with E-state index in [2.05, 4.69) is 69.2 Å². The Kier molecular flexibility index (Phi) is 4.90. The average Bonchev–Trinajstić information content (AvgIpc) is 1.98. The molecule has 104 valence electrons. The standard InChI is InChI=1S/C16H34O/c1-13(2,3)15(7,8)11-17-12-16(9,10)14(4,5)6/h11-12H2,1-10H3. The molecule has 0 saturated heterocycles. The maximum Gasteiger partial charge on any atom is 0.0522 e. The highest BCUT2D eigenvalue weighted by atomic mass is 16.5. The molecule has 1 nitrogen and oxygen atoms in total. The van der Waals surface area contributed by atoms with E-state index in [4.69, 9.17) is 4.74 Å². The summed E-state index contributed by atoms with van der Waals surface area (Å²) in [6, 6.07) is 0. The Morgan fingerprint density at radius 3 is 0.941 bits per heavy atom. The van der Waals surface area contributed by atoms with Crippen LogP contribution in [0.4, 0.5) is 0 Å². The van der Waals surface area contributed by atoms with E-state index in [1.54, 1.807) is 0 Å². The summed E-state index contributed by atoms with van der Waals surface area (Å²) < 4.78 is 6.02. The third-order valence-electron chi connectivity index (χ3n) is 4.99. The Balaban J connectivity index is 4.36. The van der Waals surface area contributed by atoms with Gasteiger partial charge in [0.25, 0.3) is 0 Å². The highest BCUT2D eigenvalue weighted by Crippen LogP contribution is 2.40. The number of hydrogen-bond donors (Lipinski definition) is 0. The van der Waals surface area contributed by atoms with Gasteiger partial charge in [-0.1, -0.05) is 69.2 Å². The Morgan fingerprint density at radius 1 is 0.529 bits per heavy atom. The number of ether oxygens (including phenoxy) is 1. The molecule has 0 aromatic carbocycles. The summed E-state index contributed by atoms with van der Waals surface area (Å²) in [5, 5.41) is 0. The van der Waals surface area contributed by atoms with Crippen molar-refractivity contribution in [2.75, 3.05) is 13.2 Å². The molecular weight excluding hydrogens is 208 g/mol. The van der Waals surface area contributed by atoms with Gasteiger partial charge in [0.1, 0.15) is 0 Å². The van der Waals surface area contributed by atoms with E-state index >= 15 is 0 Å². The van der Waals surface area contributed by atoms with Crippen LogP contribution in [-0.2, 0) is 4.74 Å². The third-order valence-corrected chi connectivity index (χ3v) is 4.99. The summed E-state index contributed by atoms with van der Waals surface area (Å²) in [5.74, 6) is 0. The van der Waals surface area contributed by atoms with E-state index in [1.165, 1.54) is 0 Å². The second-order valence-electron chi connectivity index (χ2n) is 8.76. The zero-order valence-electron chi connectivity index (χ0n) is 13.8. The lowest BCUT2D eigenvalue weighted by atomic mass is 9.69. The molecule has 0 saturated carbocycles. The van der Waals surface area contributed by atoms with Crippen molar-refractivity contribution in [3.8, 4) is 0 Å². The van der Waals surface area contributed by atoms with Gasteiger partial charge in [-0.05, 0) is 21.7 Å². The van der Waals surface area contributed by atoms with Crippen molar-refractivity contribution >= 4 is 0 Å². The van der Waals surface area contributed by atoms with Crippen molar-refractivity contribution in [3.05, 3.63) is 0 Å². The summed E-state index contributed by atoms with van der Waals surface area (Å²) in [6.45, 7) is 24.5. The molecule has 0 N–H and O–H groups in total. The maximum absolute atomic E-state index is 6.02. The van der Waals surface area contributed by atoms with Gasteiger partial charge >= 0.3 is 0 Å². The van der Waals surface area contributed by atoms with Crippen molar-refractivity contribution in [1.29, 1.82) is 0 Å². The lowest BCUT2D eigenvalue weighted by Gasteiger charge is -2.42. The molecule has 0 aliphatic heterocycles. The van der Waals surface area contributed by atoms with Crippen LogP contribution < -0.4 is 0 Å². The highest BCUT2D eigenvalue weighted by Gasteiger charge is 2.36. The SMILES string of the molecule is CC(C)(C)C(C)(C)COCC(C)(C)C(C)(C)C. The predicted molar refractivity (Wildman–Crippen MR) is 77.3 cm³/mol. The fourth-order valence-corrected chi connectivity index (χ4v) is 0.994. The third kappa shape index (κ3) is 4.62. The van der Waals surface area contributed by atoms with E-state index in [9.17, 15) is 0 Å². The van der Waals surface area contributed by atoms with Gasteiger partial charge in [0.15, 0.2) is 0 Å². The van der Waals surface area contributed by atoms with Gasteiger partial charge in [0.05, 0.1) is 13.2 Å². The Hall–Kier alpha value is -0.0400. The summed E-state index contributed by atoms with van der Waals surface area (Å²) in [5.41, 5.74) is 0.972. The van der Waals surface area contributed by atoms with Gasteiger partial charge in [0, 0.05) is 0 Å². The Labute approximate surface area is 109 Å². The van der Waals surface area contributed by atoms with E-state index in [0.717, 1.165) is 13.2 Å². The molecule has 0 spiro atoms. The topological polar surface area (TPSA) is 9.23 Å². The fraction of sp³-hybridized carbons (Fsp3) is 1.00. The first-order valence-electron chi connectivity index (χ1n) is 6.78. The van der Waals surface area contributed by atoms with Gasteiger partial charge in [-0.3, -0.25) is 0 Å². The molecule has 0 bridgehead atoms. The summed E-state index contributed by atoms with van der Waals surface area (Å²) in [6.07, 6.45) is 0. The molecule has 0 radical (unpaired) electrons. The molecule has 0 aliphatic rings. The normalized spacial score (nSPS) is 15.2. The quantitative estimate of drug-likeness (QED) is 0.662. The van der Waals surface area contributed by atoms with E-state index in [1.807, 2.05) is 0 Å². The predicted octanol–water partition coefficient (Wildman–Crippen LogP) is 5.15. The molecule has 0 unspecified atom stereocenters. The monoisotopic (exact) mass is 242 g/mol. The minimum Gasteiger partial charge on any atom is -0.380 e. The van der Waals surface area contributed by atoms with Gasteiger partial charge < -0.3 is 4.74 Å². The number of rotatable bonds is 4. The highest BCUT2D eigenvalue weighted by molar-refractivity contribution is 4.85. The average molecular weight is 242 g/mol. The molecule has 0 atom stereocenters. The molecule has 17 heavy (non-hydrogen) atoms. The van der Waals surface area contributed by atoms with Crippen molar-refractivity contribution in [2.45, 2.75) is 69.2 Å². The summed E-state index contributed by atoms with van der Waals surface area (Å²) in [7, 11) is 0. The lowest BCUT2D eigenvalue weighted by Crippen LogP contribution is -2.38. The fourth-order valence-electron chi connectivity index (χ4n) is 0.994. The van der Waals surface area contributed by atoms with E-state index in [-0.39, 0.29) is 21.7 Å². The van der Waals surface area contributed by atoms with Crippen molar-refractivity contribution in [3.63, 3.8) is 0 Å². The van der Waals surface area contributed by atoms with E-state index < -0.39 is 0 Å². The second-order valence-corrected chi connectivity index (χ2v) is 8.76. The lowest BCUT2D eigenvalue weighted by molar-refractivity contribution is -0.0546. The van der Waals surface area contributed by atoms with Gasteiger partial charge in [-0.15, -0.1) is 0 Å². The molecular formula is C16H34O. The summed E-state index contributed by atoms with van der Waals surface area (Å²) in [4.78, 5) is 0. The second kappa shape index (κ2) is 4.91. The minimum absolute atomic E-state index is 0.209. The van der Waals surface area contributed by atoms with Crippen LogP contribution in [0, 0.1) is 21.7 Å². The van der Waals surface area contributed by atoms with Crippen molar-refractivity contribution in [2.24, 2.45) is 21.7 Å². The molecule has 1 heteroatoms. The van der Waals surface area contributed by atoms with Gasteiger partial charge in [-0.25, -0.2) is 0 Å². The zero-order chi connectivity index (χ0) is 14.1. The van der Waals surface area contributed by atoms with Crippen LogP contribution in [0.1, 0.15) is 69.2 Å². The maximum atomic E-state index is 6.02. The molecule has 0 aliphatic carbocycles. The Bertz CT molecular complexity index is 209. The molecule has 0 rings (SSSR count). The van der Waals surface area contributed by atoms with Crippen LogP contribution in [0.3, 0.4) is 0 Å². The van der Waals surface area contributed by atoms with Crippen LogP contribution in [0.25, 0.3) is 0 Å².